The lowest BCUT2D eigenvalue weighted by molar-refractivity contribution is 0.424. The van der Waals surface area contributed by atoms with E-state index in [0.717, 1.165) is 25.5 Å². The summed E-state index contributed by atoms with van der Waals surface area (Å²) in [4.78, 5) is 7.13. The molecule has 4 heteroatoms. The van der Waals surface area contributed by atoms with Crippen molar-refractivity contribution in [1.29, 1.82) is 0 Å². The maximum absolute atomic E-state index is 4.67. The van der Waals surface area contributed by atoms with Gasteiger partial charge in [-0.3, -0.25) is 0 Å². The second-order valence-corrected chi connectivity index (χ2v) is 9.24. The van der Waals surface area contributed by atoms with Crippen molar-refractivity contribution in [1.82, 2.24) is 10.3 Å². The maximum Gasteiger partial charge on any atom is 0.133 e. The van der Waals surface area contributed by atoms with Crippen molar-refractivity contribution in [3.63, 3.8) is 0 Å². The van der Waals surface area contributed by atoms with Crippen molar-refractivity contribution in [3.05, 3.63) is 23.9 Å². The molecule has 1 fully saturated rings. The van der Waals surface area contributed by atoms with Gasteiger partial charge >= 0.3 is 0 Å². The number of aromatic nitrogens is 1. The molecule has 1 saturated heterocycles. The summed E-state index contributed by atoms with van der Waals surface area (Å²) in [5.41, 5.74) is 1.43. The minimum absolute atomic E-state index is 0.129. The lowest BCUT2D eigenvalue weighted by Crippen LogP contribution is -2.36. The summed E-state index contributed by atoms with van der Waals surface area (Å²) in [6, 6.07) is 4.24. The molecule has 2 heterocycles. The van der Waals surface area contributed by atoms with Gasteiger partial charge in [-0.05, 0) is 33.3 Å². The molecule has 0 aliphatic carbocycles. The van der Waals surface area contributed by atoms with Gasteiger partial charge in [0.15, 0.2) is 0 Å². The number of hydrogen-bond donors (Lipinski definition) is 1. The Morgan fingerprint density at radius 2 is 2.10 bits per heavy atom. The van der Waals surface area contributed by atoms with E-state index in [1.165, 1.54) is 17.7 Å². The minimum atomic E-state index is 0.129. The molecular weight excluding hydrogens is 278 g/mol. The van der Waals surface area contributed by atoms with Crippen molar-refractivity contribution in [2.75, 3.05) is 23.7 Å². The number of hydrogen-bond acceptors (Lipinski definition) is 4. The first-order chi connectivity index (χ1) is 9.77. The first-order valence-electron chi connectivity index (χ1n) is 7.85. The standard InChI is InChI=1S/C17H29N3S/c1-16(2,3)19-13-14-7-6-9-18-15(14)20-10-8-17(4,5)21-12-11-20/h6-7,9,19H,8,10-13H2,1-5H3. The highest BCUT2D eigenvalue weighted by Gasteiger charge is 2.25. The van der Waals surface area contributed by atoms with E-state index < -0.39 is 0 Å². The van der Waals surface area contributed by atoms with Gasteiger partial charge in [0, 0.05) is 47.4 Å². The van der Waals surface area contributed by atoms with Gasteiger partial charge in [-0.25, -0.2) is 4.98 Å². The van der Waals surface area contributed by atoms with Crippen LogP contribution in [0.15, 0.2) is 18.3 Å². The van der Waals surface area contributed by atoms with Crippen LogP contribution >= 0.6 is 11.8 Å². The third-order valence-corrected chi connectivity index (χ3v) is 5.19. The Balaban J connectivity index is 2.12. The first-order valence-corrected chi connectivity index (χ1v) is 8.83. The zero-order valence-electron chi connectivity index (χ0n) is 14.1. The average molecular weight is 308 g/mol. The molecule has 118 valence electrons. The van der Waals surface area contributed by atoms with Crippen LogP contribution in [0.1, 0.15) is 46.6 Å². The van der Waals surface area contributed by atoms with Crippen molar-refractivity contribution >= 4 is 17.6 Å². The van der Waals surface area contributed by atoms with Crippen LogP contribution in [0.5, 0.6) is 0 Å². The molecule has 0 spiro atoms. The van der Waals surface area contributed by atoms with E-state index in [1.54, 1.807) is 0 Å². The van der Waals surface area contributed by atoms with Gasteiger partial charge in [0.1, 0.15) is 5.82 Å². The molecule has 1 aliphatic heterocycles. The molecule has 0 aromatic carbocycles. The van der Waals surface area contributed by atoms with Crippen LogP contribution in [-0.2, 0) is 6.54 Å². The van der Waals surface area contributed by atoms with E-state index in [-0.39, 0.29) is 5.54 Å². The molecule has 0 amide bonds. The fraction of sp³-hybridized carbons (Fsp3) is 0.706. The number of anilines is 1. The Morgan fingerprint density at radius 1 is 1.33 bits per heavy atom. The summed E-state index contributed by atoms with van der Waals surface area (Å²) in [6.07, 6.45) is 3.12. The number of thioether (sulfide) groups is 1. The topological polar surface area (TPSA) is 28.2 Å². The largest absolute Gasteiger partial charge is 0.355 e. The fourth-order valence-corrected chi connectivity index (χ4v) is 3.55. The monoisotopic (exact) mass is 307 g/mol. The van der Waals surface area contributed by atoms with E-state index in [0.29, 0.717) is 4.75 Å². The number of pyridine rings is 1. The summed E-state index contributed by atoms with van der Waals surface area (Å²) in [6.45, 7) is 14.4. The molecule has 1 N–H and O–H groups in total. The van der Waals surface area contributed by atoms with Crippen LogP contribution in [0.2, 0.25) is 0 Å². The lowest BCUT2D eigenvalue weighted by atomic mass is 10.1. The van der Waals surface area contributed by atoms with Crippen LogP contribution in [0.4, 0.5) is 5.82 Å². The number of rotatable bonds is 3. The Hall–Kier alpha value is -0.740. The average Bonchev–Trinajstić information content (AvgIpc) is 2.57. The second-order valence-electron chi connectivity index (χ2n) is 7.43. The number of nitrogens with one attached hydrogen (secondary N) is 1. The predicted molar refractivity (Wildman–Crippen MR) is 94.2 cm³/mol. The van der Waals surface area contributed by atoms with Crippen molar-refractivity contribution in [2.24, 2.45) is 0 Å². The molecule has 0 saturated carbocycles. The van der Waals surface area contributed by atoms with Gasteiger partial charge in [0.2, 0.25) is 0 Å². The smallest absolute Gasteiger partial charge is 0.133 e. The third kappa shape index (κ3) is 5.19. The molecule has 0 unspecified atom stereocenters. The lowest BCUT2D eigenvalue weighted by Gasteiger charge is -2.27. The molecule has 2 rings (SSSR count). The van der Waals surface area contributed by atoms with Gasteiger partial charge < -0.3 is 10.2 Å². The summed E-state index contributed by atoms with van der Waals surface area (Å²) >= 11 is 2.08. The van der Waals surface area contributed by atoms with Crippen LogP contribution in [0.25, 0.3) is 0 Å². The van der Waals surface area contributed by atoms with Crippen molar-refractivity contribution in [3.8, 4) is 0 Å². The van der Waals surface area contributed by atoms with E-state index >= 15 is 0 Å². The summed E-state index contributed by atoms with van der Waals surface area (Å²) in [5, 5.41) is 3.58. The van der Waals surface area contributed by atoms with Crippen molar-refractivity contribution in [2.45, 2.75) is 57.9 Å². The quantitative estimate of drug-likeness (QED) is 0.922. The molecule has 1 aromatic heterocycles. The molecular formula is C17H29N3S. The summed E-state index contributed by atoms with van der Waals surface area (Å²) in [5.74, 6) is 2.34. The van der Waals surface area contributed by atoms with Crippen LogP contribution < -0.4 is 10.2 Å². The van der Waals surface area contributed by atoms with E-state index in [1.807, 2.05) is 12.3 Å². The van der Waals surface area contributed by atoms with Gasteiger partial charge in [0.05, 0.1) is 0 Å². The zero-order chi connectivity index (χ0) is 15.5. The van der Waals surface area contributed by atoms with Gasteiger partial charge in [-0.2, -0.15) is 11.8 Å². The normalized spacial score (nSPS) is 19.4. The SMILES string of the molecule is CC(C)(C)NCc1cccnc1N1CCSC(C)(C)CC1. The molecule has 0 bridgehead atoms. The van der Waals surface area contributed by atoms with Crippen LogP contribution in [0, 0.1) is 0 Å². The van der Waals surface area contributed by atoms with Crippen LogP contribution in [-0.4, -0.2) is 34.1 Å². The Morgan fingerprint density at radius 3 is 2.81 bits per heavy atom. The Labute approximate surface area is 133 Å². The van der Waals surface area contributed by atoms with Crippen molar-refractivity contribution < 1.29 is 0 Å². The highest BCUT2D eigenvalue weighted by Crippen LogP contribution is 2.32. The highest BCUT2D eigenvalue weighted by molar-refractivity contribution is 8.00. The molecule has 3 nitrogen and oxygen atoms in total. The molecule has 1 aliphatic rings. The van der Waals surface area contributed by atoms with Gasteiger partial charge in [-0.1, -0.05) is 19.9 Å². The maximum atomic E-state index is 4.67. The van der Waals surface area contributed by atoms with Crippen LogP contribution in [0.3, 0.4) is 0 Å². The Bertz CT molecular complexity index is 465. The third-order valence-electron chi connectivity index (χ3n) is 3.81. The predicted octanol–water partition coefficient (Wildman–Crippen LogP) is 3.69. The minimum Gasteiger partial charge on any atom is -0.355 e. The van der Waals surface area contributed by atoms with E-state index in [4.69, 9.17) is 0 Å². The zero-order valence-corrected chi connectivity index (χ0v) is 14.9. The molecule has 1 aromatic rings. The molecule has 0 atom stereocenters. The molecule has 21 heavy (non-hydrogen) atoms. The Kier molecular flexibility index (Phi) is 5.20. The van der Waals surface area contributed by atoms with E-state index in [2.05, 4.69) is 67.6 Å². The van der Waals surface area contributed by atoms with E-state index in [9.17, 15) is 0 Å². The van der Waals surface area contributed by atoms with Gasteiger partial charge in [-0.15, -0.1) is 0 Å². The summed E-state index contributed by atoms with van der Waals surface area (Å²) in [7, 11) is 0. The highest BCUT2D eigenvalue weighted by atomic mass is 32.2. The summed E-state index contributed by atoms with van der Waals surface area (Å²) < 4.78 is 0.382. The second kappa shape index (κ2) is 6.57. The molecule has 0 radical (unpaired) electrons. The fourth-order valence-electron chi connectivity index (χ4n) is 2.45. The first kappa shape index (κ1) is 16.6. The van der Waals surface area contributed by atoms with Gasteiger partial charge in [0.25, 0.3) is 0 Å². The number of nitrogens with zero attached hydrogens (tertiary/aromatic N) is 2.